The molecule has 0 saturated heterocycles. The van der Waals surface area contributed by atoms with E-state index in [9.17, 15) is 13.2 Å². The van der Waals surface area contributed by atoms with Crippen LogP contribution in [0, 0.1) is 0 Å². The molecule has 0 unspecified atom stereocenters. The molecule has 0 saturated carbocycles. The molecule has 0 aliphatic heterocycles. The zero-order chi connectivity index (χ0) is 12.9. The van der Waals surface area contributed by atoms with Crippen LogP contribution in [0.25, 0.3) is 0 Å². The van der Waals surface area contributed by atoms with Crippen molar-refractivity contribution < 1.29 is 22.7 Å². The fourth-order valence-electron chi connectivity index (χ4n) is 1.26. The summed E-state index contributed by atoms with van der Waals surface area (Å²) < 4.78 is 39.9. The van der Waals surface area contributed by atoms with Crippen molar-refractivity contribution in [1.29, 1.82) is 0 Å². The van der Waals surface area contributed by atoms with Crippen LogP contribution < -0.4 is 15.5 Å². The molecule has 0 aromatic heterocycles. The molecule has 1 aromatic rings. The summed E-state index contributed by atoms with van der Waals surface area (Å²) >= 11 is 0. The maximum Gasteiger partial charge on any atom is 0.573 e. The molecule has 0 fully saturated rings. The molecular formula is C10H13F3N2O2. The normalized spacial score (nSPS) is 11.1. The maximum absolute atomic E-state index is 12.0. The van der Waals surface area contributed by atoms with Crippen molar-refractivity contribution in [3.05, 3.63) is 18.2 Å². The first-order chi connectivity index (χ1) is 7.96. The van der Waals surface area contributed by atoms with Gasteiger partial charge in [-0.15, -0.1) is 13.2 Å². The molecule has 0 radical (unpaired) electrons. The first kappa shape index (κ1) is 13.4. The SMILES string of the molecule is CCNc1cc(OC(F)(F)F)ccc1NOC. The standard InChI is InChI=1S/C10H13F3N2O2/c1-3-14-9-6-7(17-10(11,12)13)4-5-8(9)15-16-2/h4-6,14-15H,3H2,1-2H3. The third kappa shape index (κ3) is 4.39. The number of halogens is 3. The predicted molar refractivity (Wildman–Crippen MR) is 57.9 cm³/mol. The number of benzene rings is 1. The van der Waals surface area contributed by atoms with E-state index >= 15 is 0 Å². The highest BCUT2D eigenvalue weighted by Crippen LogP contribution is 2.30. The van der Waals surface area contributed by atoms with Crippen molar-refractivity contribution in [2.24, 2.45) is 0 Å². The maximum atomic E-state index is 12.0. The number of ether oxygens (including phenoxy) is 1. The lowest BCUT2D eigenvalue weighted by molar-refractivity contribution is -0.274. The third-order valence-electron chi connectivity index (χ3n) is 1.80. The van der Waals surface area contributed by atoms with E-state index in [-0.39, 0.29) is 5.75 Å². The van der Waals surface area contributed by atoms with Gasteiger partial charge in [0.1, 0.15) is 5.75 Å². The van der Waals surface area contributed by atoms with Gasteiger partial charge in [0, 0.05) is 12.6 Å². The Morgan fingerprint density at radius 2 is 1.94 bits per heavy atom. The molecule has 0 aliphatic rings. The molecule has 1 aromatic carbocycles. The van der Waals surface area contributed by atoms with E-state index in [0.717, 1.165) is 0 Å². The Labute approximate surface area is 96.7 Å². The Morgan fingerprint density at radius 1 is 1.24 bits per heavy atom. The van der Waals surface area contributed by atoms with Gasteiger partial charge in [-0.05, 0) is 19.1 Å². The summed E-state index contributed by atoms with van der Waals surface area (Å²) in [4.78, 5) is 4.70. The van der Waals surface area contributed by atoms with Crippen molar-refractivity contribution >= 4 is 11.4 Å². The molecule has 96 valence electrons. The average molecular weight is 250 g/mol. The Bertz CT molecular complexity index is 369. The van der Waals surface area contributed by atoms with E-state index in [4.69, 9.17) is 4.84 Å². The minimum absolute atomic E-state index is 0.282. The highest BCUT2D eigenvalue weighted by atomic mass is 19.4. The van der Waals surface area contributed by atoms with E-state index in [1.54, 1.807) is 0 Å². The number of anilines is 2. The van der Waals surface area contributed by atoms with Gasteiger partial charge in [0.05, 0.1) is 18.5 Å². The lowest BCUT2D eigenvalue weighted by atomic mass is 10.2. The molecule has 0 bridgehead atoms. The first-order valence-corrected chi connectivity index (χ1v) is 4.89. The number of rotatable bonds is 5. The molecule has 0 atom stereocenters. The van der Waals surface area contributed by atoms with Gasteiger partial charge in [-0.2, -0.15) is 0 Å². The van der Waals surface area contributed by atoms with Gasteiger partial charge in [0.15, 0.2) is 0 Å². The van der Waals surface area contributed by atoms with Gasteiger partial charge >= 0.3 is 6.36 Å². The van der Waals surface area contributed by atoms with Crippen molar-refractivity contribution in [2.75, 3.05) is 24.5 Å². The van der Waals surface area contributed by atoms with Crippen molar-refractivity contribution in [3.8, 4) is 5.75 Å². The van der Waals surface area contributed by atoms with Gasteiger partial charge in [-0.1, -0.05) is 0 Å². The van der Waals surface area contributed by atoms with Crippen LogP contribution in [0.15, 0.2) is 18.2 Å². The van der Waals surface area contributed by atoms with E-state index in [2.05, 4.69) is 15.5 Å². The Hall–Kier alpha value is -1.63. The lowest BCUT2D eigenvalue weighted by Crippen LogP contribution is -2.17. The first-order valence-electron chi connectivity index (χ1n) is 4.89. The highest BCUT2D eigenvalue weighted by molar-refractivity contribution is 5.69. The molecule has 0 amide bonds. The zero-order valence-electron chi connectivity index (χ0n) is 9.39. The average Bonchev–Trinajstić information content (AvgIpc) is 2.20. The molecule has 4 nitrogen and oxygen atoms in total. The molecule has 0 aliphatic carbocycles. The van der Waals surface area contributed by atoms with Gasteiger partial charge in [0.25, 0.3) is 0 Å². The summed E-state index contributed by atoms with van der Waals surface area (Å²) in [6, 6.07) is 3.89. The van der Waals surface area contributed by atoms with Gasteiger partial charge < -0.3 is 10.1 Å². The minimum Gasteiger partial charge on any atom is -0.406 e. The molecule has 7 heteroatoms. The summed E-state index contributed by atoms with van der Waals surface area (Å²) in [7, 11) is 1.41. The second-order valence-electron chi connectivity index (χ2n) is 3.09. The molecular weight excluding hydrogens is 237 g/mol. The number of nitrogens with one attached hydrogen (secondary N) is 2. The summed E-state index contributed by atoms with van der Waals surface area (Å²) in [6.45, 7) is 2.39. The largest absolute Gasteiger partial charge is 0.573 e. The summed E-state index contributed by atoms with van der Waals surface area (Å²) in [5, 5.41) is 2.90. The van der Waals surface area contributed by atoms with Gasteiger partial charge in [0.2, 0.25) is 0 Å². The summed E-state index contributed by atoms with van der Waals surface area (Å²) in [5.74, 6) is -0.282. The smallest absolute Gasteiger partial charge is 0.406 e. The number of hydrogen-bond donors (Lipinski definition) is 2. The van der Waals surface area contributed by atoms with Crippen molar-refractivity contribution in [2.45, 2.75) is 13.3 Å². The second-order valence-corrected chi connectivity index (χ2v) is 3.09. The van der Waals surface area contributed by atoms with Crippen LogP contribution in [0.1, 0.15) is 6.92 Å². The van der Waals surface area contributed by atoms with Crippen LogP contribution in [0.3, 0.4) is 0 Å². The fraction of sp³-hybridized carbons (Fsp3) is 0.400. The van der Waals surface area contributed by atoms with Crippen molar-refractivity contribution in [3.63, 3.8) is 0 Å². The van der Waals surface area contributed by atoms with Gasteiger partial charge in [-0.3, -0.25) is 10.3 Å². The quantitative estimate of drug-likeness (QED) is 0.788. The number of hydrogen-bond acceptors (Lipinski definition) is 4. The van der Waals surface area contributed by atoms with E-state index in [0.29, 0.717) is 17.9 Å². The van der Waals surface area contributed by atoms with E-state index in [1.807, 2.05) is 6.92 Å². The minimum atomic E-state index is -4.69. The monoisotopic (exact) mass is 250 g/mol. The van der Waals surface area contributed by atoms with E-state index in [1.165, 1.54) is 25.3 Å². The Kier molecular flexibility index (Phi) is 4.45. The molecule has 0 spiro atoms. The van der Waals surface area contributed by atoms with Crippen LogP contribution >= 0.6 is 0 Å². The predicted octanol–water partition coefficient (Wildman–Crippen LogP) is 2.99. The zero-order valence-corrected chi connectivity index (χ0v) is 9.39. The number of alkyl halides is 3. The summed E-state index contributed by atoms with van der Waals surface area (Å²) in [5.41, 5.74) is 3.55. The van der Waals surface area contributed by atoms with Crippen LogP contribution in [-0.2, 0) is 4.84 Å². The lowest BCUT2D eigenvalue weighted by Gasteiger charge is -2.14. The molecule has 0 heterocycles. The fourth-order valence-corrected chi connectivity index (χ4v) is 1.26. The highest BCUT2D eigenvalue weighted by Gasteiger charge is 2.31. The molecule has 1 rings (SSSR count). The molecule has 17 heavy (non-hydrogen) atoms. The topological polar surface area (TPSA) is 42.5 Å². The van der Waals surface area contributed by atoms with Crippen LogP contribution in [-0.4, -0.2) is 20.0 Å². The van der Waals surface area contributed by atoms with Crippen LogP contribution in [0.4, 0.5) is 24.5 Å². The Balaban J connectivity index is 2.92. The van der Waals surface area contributed by atoms with Gasteiger partial charge in [-0.25, -0.2) is 0 Å². The van der Waals surface area contributed by atoms with Crippen molar-refractivity contribution in [1.82, 2.24) is 0 Å². The second kappa shape index (κ2) is 5.62. The summed E-state index contributed by atoms with van der Waals surface area (Å²) in [6.07, 6.45) is -4.69. The molecule has 2 N–H and O–H groups in total. The van der Waals surface area contributed by atoms with E-state index < -0.39 is 6.36 Å². The van der Waals surface area contributed by atoms with Crippen LogP contribution in [0.2, 0.25) is 0 Å². The third-order valence-corrected chi connectivity index (χ3v) is 1.80. The Morgan fingerprint density at radius 3 is 2.47 bits per heavy atom. The van der Waals surface area contributed by atoms with Crippen LogP contribution in [0.5, 0.6) is 5.75 Å².